The summed E-state index contributed by atoms with van der Waals surface area (Å²) in [5.41, 5.74) is 2.23. The average molecular weight is 399 g/mol. The quantitative estimate of drug-likeness (QED) is 0.531. The minimum Gasteiger partial charge on any atom is -0.236 e. The van der Waals surface area contributed by atoms with E-state index >= 15 is 0 Å². The molecule has 1 saturated carbocycles. The maximum atomic E-state index is 6.29. The van der Waals surface area contributed by atoms with Crippen LogP contribution in [-0.2, 0) is 5.41 Å². The van der Waals surface area contributed by atoms with E-state index in [-0.39, 0.29) is 5.41 Å². The molecule has 1 heterocycles. The van der Waals surface area contributed by atoms with Gasteiger partial charge in [-0.2, -0.15) is 0 Å². The van der Waals surface area contributed by atoms with Gasteiger partial charge in [0, 0.05) is 0 Å². The molecule has 20 heavy (non-hydrogen) atoms. The van der Waals surface area contributed by atoms with Crippen molar-refractivity contribution in [3.63, 3.8) is 0 Å². The lowest BCUT2D eigenvalue weighted by Crippen LogP contribution is -2.27. The maximum Gasteiger partial charge on any atom is 0.146 e. The molecule has 1 aromatic carbocycles. The minimum atomic E-state index is -0.0556. The van der Waals surface area contributed by atoms with Gasteiger partial charge in [0.1, 0.15) is 11.0 Å². The molecule has 0 saturated heterocycles. The molecular formula is C16H16ClIN2. The molecule has 0 atom stereocenters. The predicted molar refractivity (Wildman–Crippen MR) is 90.2 cm³/mol. The van der Waals surface area contributed by atoms with Gasteiger partial charge in [-0.15, -0.1) is 0 Å². The molecule has 0 spiro atoms. The Kier molecular flexibility index (Phi) is 4.00. The molecule has 4 heteroatoms. The van der Waals surface area contributed by atoms with Gasteiger partial charge in [0.2, 0.25) is 0 Å². The Morgan fingerprint density at radius 3 is 2.35 bits per heavy atom. The number of halogens is 2. The van der Waals surface area contributed by atoms with E-state index in [1.807, 2.05) is 6.92 Å². The molecule has 0 radical (unpaired) electrons. The second-order valence-electron chi connectivity index (χ2n) is 5.39. The number of nitrogens with zero attached hydrogens (tertiary/aromatic N) is 2. The summed E-state index contributed by atoms with van der Waals surface area (Å²) in [4.78, 5) is 9.37. The molecular weight excluding hydrogens is 383 g/mol. The number of rotatable bonds is 2. The van der Waals surface area contributed by atoms with Gasteiger partial charge in [-0.05, 0) is 47.9 Å². The molecule has 1 aliphatic carbocycles. The second-order valence-corrected chi connectivity index (χ2v) is 6.83. The van der Waals surface area contributed by atoms with Crippen LogP contribution in [0.25, 0.3) is 0 Å². The molecule has 0 aliphatic heterocycles. The molecule has 2 aromatic rings. The smallest absolute Gasteiger partial charge is 0.146 e. The first kappa shape index (κ1) is 14.3. The van der Waals surface area contributed by atoms with Crippen LogP contribution in [0.15, 0.2) is 30.3 Å². The first-order chi connectivity index (χ1) is 9.63. The van der Waals surface area contributed by atoms with Crippen molar-refractivity contribution in [2.24, 2.45) is 0 Å². The van der Waals surface area contributed by atoms with Crippen molar-refractivity contribution in [1.82, 2.24) is 9.97 Å². The topological polar surface area (TPSA) is 25.8 Å². The van der Waals surface area contributed by atoms with Crippen molar-refractivity contribution in [2.45, 2.75) is 38.0 Å². The van der Waals surface area contributed by atoms with Crippen LogP contribution in [0.1, 0.15) is 42.8 Å². The van der Waals surface area contributed by atoms with Crippen molar-refractivity contribution < 1.29 is 0 Å². The molecule has 2 nitrogen and oxygen atoms in total. The van der Waals surface area contributed by atoms with Crippen molar-refractivity contribution in [1.29, 1.82) is 0 Å². The van der Waals surface area contributed by atoms with Crippen LogP contribution in [0, 0.1) is 10.5 Å². The first-order valence-electron chi connectivity index (χ1n) is 6.89. The van der Waals surface area contributed by atoms with Crippen molar-refractivity contribution in [2.75, 3.05) is 0 Å². The first-order valence-corrected chi connectivity index (χ1v) is 8.35. The summed E-state index contributed by atoms with van der Waals surface area (Å²) >= 11 is 8.50. The Hall–Kier alpha value is -0.680. The van der Waals surface area contributed by atoms with E-state index in [2.05, 4.69) is 57.9 Å². The summed E-state index contributed by atoms with van der Waals surface area (Å²) in [6.07, 6.45) is 4.66. The number of benzene rings is 1. The van der Waals surface area contributed by atoms with E-state index in [0.29, 0.717) is 5.15 Å². The van der Waals surface area contributed by atoms with E-state index in [0.717, 1.165) is 27.9 Å². The third-order valence-corrected chi connectivity index (χ3v) is 6.07. The number of hydrogen-bond donors (Lipinski definition) is 0. The normalized spacial score (nSPS) is 17.4. The highest BCUT2D eigenvalue weighted by atomic mass is 127. The standard InChI is InChI=1S/C16H16ClIN2/c1-11-13(18)14(17)20-15(19-11)16(9-5-6-10-16)12-7-3-2-4-8-12/h2-4,7-8H,5-6,9-10H2,1H3. The van der Waals surface area contributed by atoms with Crippen LogP contribution in [0.2, 0.25) is 5.15 Å². The van der Waals surface area contributed by atoms with Gasteiger partial charge in [0.05, 0.1) is 14.7 Å². The summed E-state index contributed by atoms with van der Waals surface area (Å²) in [7, 11) is 0. The highest BCUT2D eigenvalue weighted by molar-refractivity contribution is 14.1. The Morgan fingerprint density at radius 1 is 1.10 bits per heavy atom. The average Bonchev–Trinajstić information content (AvgIpc) is 2.96. The lowest BCUT2D eigenvalue weighted by molar-refractivity contribution is 0.497. The molecule has 1 fully saturated rings. The SMILES string of the molecule is Cc1nc(C2(c3ccccc3)CCCC2)nc(Cl)c1I. The highest BCUT2D eigenvalue weighted by Gasteiger charge is 2.40. The molecule has 0 unspecified atom stereocenters. The van der Waals surface area contributed by atoms with Crippen LogP contribution < -0.4 is 0 Å². The van der Waals surface area contributed by atoms with E-state index in [1.165, 1.54) is 18.4 Å². The van der Waals surface area contributed by atoms with E-state index in [9.17, 15) is 0 Å². The van der Waals surface area contributed by atoms with Crippen molar-refractivity contribution >= 4 is 34.2 Å². The summed E-state index contributed by atoms with van der Waals surface area (Å²) in [6.45, 7) is 2.01. The molecule has 3 rings (SSSR count). The lowest BCUT2D eigenvalue weighted by atomic mass is 9.78. The van der Waals surface area contributed by atoms with Crippen LogP contribution in [-0.4, -0.2) is 9.97 Å². The summed E-state index contributed by atoms with van der Waals surface area (Å²) in [5.74, 6) is 0.893. The molecule has 0 bridgehead atoms. The fourth-order valence-electron chi connectivity index (χ4n) is 3.12. The lowest BCUT2D eigenvalue weighted by Gasteiger charge is -2.28. The van der Waals surface area contributed by atoms with Gasteiger partial charge in [-0.1, -0.05) is 54.8 Å². The summed E-state index contributed by atoms with van der Waals surface area (Å²) in [6, 6.07) is 10.6. The number of aryl methyl sites for hydroxylation is 1. The number of aromatic nitrogens is 2. The Labute approximate surface area is 138 Å². The van der Waals surface area contributed by atoms with Gasteiger partial charge in [-0.3, -0.25) is 0 Å². The number of hydrogen-bond acceptors (Lipinski definition) is 2. The third-order valence-electron chi connectivity index (χ3n) is 4.19. The molecule has 0 N–H and O–H groups in total. The maximum absolute atomic E-state index is 6.29. The fraction of sp³-hybridized carbons (Fsp3) is 0.375. The minimum absolute atomic E-state index is 0.0556. The zero-order valence-electron chi connectivity index (χ0n) is 11.4. The molecule has 0 amide bonds. The van der Waals surface area contributed by atoms with Gasteiger partial charge >= 0.3 is 0 Å². The van der Waals surface area contributed by atoms with Gasteiger partial charge in [-0.25, -0.2) is 9.97 Å². The fourth-order valence-corrected chi connectivity index (χ4v) is 3.57. The Morgan fingerprint density at radius 2 is 1.75 bits per heavy atom. The van der Waals surface area contributed by atoms with E-state index in [4.69, 9.17) is 16.6 Å². The van der Waals surface area contributed by atoms with Gasteiger partial charge in [0.15, 0.2) is 0 Å². The zero-order valence-corrected chi connectivity index (χ0v) is 14.3. The van der Waals surface area contributed by atoms with Crippen LogP contribution in [0.5, 0.6) is 0 Å². The molecule has 1 aliphatic rings. The Bertz CT molecular complexity index is 599. The summed E-state index contributed by atoms with van der Waals surface area (Å²) < 4.78 is 0.953. The largest absolute Gasteiger partial charge is 0.236 e. The van der Waals surface area contributed by atoms with Gasteiger partial charge in [0.25, 0.3) is 0 Å². The van der Waals surface area contributed by atoms with E-state index in [1.54, 1.807) is 0 Å². The van der Waals surface area contributed by atoms with Crippen LogP contribution in [0.3, 0.4) is 0 Å². The van der Waals surface area contributed by atoms with Crippen molar-refractivity contribution in [3.8, 4) is 0 Å². The van der Waals surface area contributed by atoms with Crippen LogP contribution in [0.4, 0.5) is 0 Å². The zero-order chi connectivity index (χ0) is 14.2. The van der Waals surface area contributed by atoms with Crippen molar-refractivity contribution in [3.05, 3.63) is 56.1 Å². The molecule has 104 valence electrons. The highest BCUT2D eigenvalue weighted by Crippen LogP contribution is 2.45. The Balaban J connectivity index is 2.17. The van der Waals surface area contributed by atoms with Gasteiger partial charge < -0.3 is 0 Å². The predicted octanol–water partition coefficient (Wildman–Crippen LogP) is 4.90. The molecule has 1 aromatic heterocycles. The van der Waals surface area contributed by atoms with Crippen LogP contribution >= 0.6 is 34.2 Å². The van der Waals surface area contributed by atoms with E-state index < -0.39 is 0 Å². The third kappa shape index (κ3) is 2.35. The summed E-state index contributed by atoms with van der Waals surface area (Å²) in [5, 5.41) is 0.579. The second kappa shape index (κ2) is 5.60. The monoisotopic (exact) mass is 398 g/mol.